The Morgan fingerprint density at radius 1 is 1.10 bits per heavy atom. The minimum atomic E-state index is -0.0272. The molecule has 1 aromatic heterocycles. The smallest absolute Gasteiger partial charge is 0.274 e. The van der Waals surface area contributed by atoms with E-state index in [1.54, 1.807) is 12.4 Å². The van der Waals surface area contributed by atoms with Crippen LogP contribution in [-0.2, 0) is 6.61 Å². The fourth-order valence-corrected chi connectivity index (χ4v) is 4.14. The number of aliphatic hydroxyl groups excluding tert-OH is 1. The number of aromatic nitrogens is 2. The van der Waals surface area contributed by atoms with E-state index >= 15 is 0 Å². The van der Waals surface area contributed by atoms with E-state index < -0.39 is 0 Å². The van der Waals surface area contributed by atoms with Crippen molar-refractivity contribution in [2.24, 2.45) is 0 Å². The van der Waals surface area contributed by atoms with E-state index in [0.717, 1.165) is 63.5 Å². The second-order valence-electron chi connectivity index (χ2n) is 8.04. The van der Waals surface area contributed by atoms with Crippen molar-refractivity contribution in [2.75, 3.05) is 51.2 Å². The Hall–Kier alpha value is -2.51. The molecule has 4 rings (SSSR count). The molecular formula is C22H29N5O2. The third-order valence-electron chi connectivity index (χ3n) is 6.01. The maximum absolute atomic E-state index is 12.9. The predicted molar refractivity (Wildman–Crippen MR) is 112 cm³/mol. The van der Waals surface area contributed by atoms with Crippen molar-refractivity contribution in [3.8, 4) is 0 Å². The van der Waals surface area contributed by atoms with Gasteiger partial charge in [-0.25, -0.2) is 4.98 Å². The number of benzene rings is 1. The molecule has 2 fully saturated rings. The van der Waals surface area contributed by atoms with Gasteiger partial charge < -0.3 is 19.8 Å². The Morgan fingerprint density at radius 2 is 1.86 bits per heavy atom. The van der Waals surface area contributed by atoms with Crippen molar-refractivity contribution in [1.82, 2.24) is 19.8 Å². The molecule has 0 spiro atoms. The Labute approximate surface area is 172 Å². The predicted octanol–water partition coefficient (Wildman–Crippen LogP) is 1.74. The summed E-state index contributed by atoms with van der Waals surface area (Å²) in [6, 6.07) is 8.20. The summed E-state index contributed by atoms with van der Waals surface area (Å²) in [5.41, 5.74) is 2.65. The molecule has 0 radical (unpaired) electrons. The van der Waals surface area contributed by atoms with Gasteiger partial charge in [0.05, 0.1) is 19.0 Å². The van der Waals surface area contributed by atoms with Gasteiger partial charge in [-0.1, -0.05) is 24.3 Å². The minimum absolute atomic E-state index is 0.0272. The van der Waals surface area contributed by atoms with Crippen LogP contribution in [0.3, 0.4) is 0 Å². The molecule has 0 saturated carbocycles. The van der Waals surface area contributed by atoms with Crippen LogP contribution in [0.5, 0.6) is 0 Å². The highest BCUT2D eigenvalue weighted by Gasteiger charge is 2.25. The fourth-order valence-electron chi connectivity index (χ4n) is 4.14. The molecule has 1 atom stereocenters. The molecule has 154 valence electrons. The second kappa shape index (κ2) is 8.88. The molecule has 1 amide bonds. The summed E-state index contributed by atoms with van der Waals surface area (Å²) in [5, 5.41) is 9.25. The molecule has 7 heteroatoms. The molecule has 0 bridgehead atoms. The van der Waals surface area contributed by atoms with Crippen LogP contribution in [0.4, 0.5) is 5.82 Å². The van der Waals surface area contributed by atoms with Crippen LogP contribution >= 0.6 is 0 Å². The van der Waals surface area contributed by atoms with Gasteiger partial charge in [-0.15, -0.1) is 0 Å². The largest absolute Gasteiger partial charge is 0.392 e. The van der Waals surface area contributed by atoms with Crippen LogP contribution in [0.15, 0.2) is 36.7 Å². The Kier molecular flexibility index (Phi) is 6.06. The molecule has 2 aliphatic heterocycles. The molecule has 0 aliphatic carbocycles. The third-order valence-corrected chi connectivity index (χ3v) is 6.01. The lowest BCUT2D eigenvalue weighted by Crippen LogP contribution is -2.47. The van der Waals surface area contributed by atoms with E-state index in [2.05, 4.69) is 38.9 Å². The summed E-state index contributed by atoms with van der Waals surface area (Å²) in [5.74, 6) is 1.16. The van der Waals surface area contributed by atoms with E-state index in [-0.39, 0.29) is 12.5 Å². The summed E-state index contributed by atoms with van der Waals surface area (Å²) >= 11 is 0. The van der Waals surface area contributed by atoms with Gasteiger partial charge in [0.15, 0.2) is 0 Å². The van der Waals surface area contributed by atoms with E-state index in [9.17, 15) is 9.90 Å². The van der Waals surface area contributed by atoms with Gasteiger partial charge >= 0.3 is 0 Å². The van der Waals surface area contributed by atoms with E-state index in [0.29, 0.717) is 11.6 Å². The molecule has 29 heavy (non-hydrogen) atoms. The number of anilines is 1. The molecule has 1 unspecified atom stereocenters. The highest BCUT2D eigenvalue weighted by Crippen LogP contribution is 2.29. The first-order valence-corrected chi connectivity index (χ1v) is 10.4. The molecule has 2 saturated heterocycles. The van der Waals surface area contributed by atoms with Crippen molar-refractivity contribution >= 4 is 11.7 Å². The number of hydrogen-bond acceptors (Lipinski definition) is 6. The number of rotatable bonds is 4. The maximum atomic E-state index is 12.9. The Bertz CT molecular complexity index is 833. The van der Waals surface area contributed by atoms with Crippen LogP contribution < -0.4 is 4.90 Å². The molecule has 3 heterocycles. The number of likely N-dealkylation sites (N-methyl/N-ethyl adjacent to an activating group) is 1. The van der Waals surface area contributed by atoms with Crippen molar-refractivity contribution in [3.05, 3.63) is 53.5 Å². The first-order valence-electron chi connectivity index (χ1n) is 10.4. The molecular weight excluding hydrogens is 366 g/mol. The first-order chi connectivity index (χ1) is 14.1. The zero-order valence-electron chi connectivity index (χ0n) is 17.0. The van der Waals surface area contributed by atoms with E-state index in [1.165, 1.54) is 5.56 Å². The third kappa shape index (κ3) is 4.57. The summed E-state index contributed by atoms with van der Waals surface area (Å²) in [6.07, 6.45) is 5.55. The van der Waals surface area contributed by atoms with Crippen LogP contribution in [0, 0.1) is 0 Å². The fraction of sp³-hybridized carbons (Fsp3) is 0.500. The van der Waals surface area contributed by atoms with Crippen LogP contribution in [0.25, 0.3) is 0 Å². The summed E-state index contributed by atoms with van der Waals surface area (Å²) in [6.45, 7) is 5.10. The average molecular weight is 396 g/mol. The number of carbonyl (C=O) groups excluding carboxylic acids is 1. The van der Waals surface area contributed by atoms with Gasteiger partial charge in [0.25, 0.3) is 5.91 Å². The zero-order chi connectivity index (χ0) is 20.2. The van der Waals surface area contributed by atoms with Crippen LogP contribution in [0.2, 0.25) is 0 Å². The van der Waals surface area contributed by atoms with E-state index in [1.807, 2.05) is 17.0 Å². The quantitative estimate of drug-likeness (QED) is 0.850. The Balaban J connectivity index is 1.46. The highest BCUT2D eigenvalue weighted by atomic mass is 16.3. The second-order valence-corrected chi connectivity index (χ2v) is 8.04. The lowest BCUT2D eigenvalue weighted by Gasteiger charge is -2.34. The van der Waals surface area contributed by atoms with Crippen LogP contribution in [-0.4, -0.2) is 77.1 Å². The van der Waals surface area contributed by atoms with Crippen molar-refractivity contribution < 1.29 is 9.90 Å². The van der Waals surface area contributed by atoms with Gasteiger partial charge in [0.1, 0.15) is 11.5 Å². The van der Waals surface area contributed by atoms with E-state index in [4.69, 9.17) is 0 Å². The number of amides is 1. The lowest BCUT2D eigenvalue weighted by atomic mass is 9.90. The Morgan fingerprint density at radius 3 is 2.59 bits per heavy atom. The van der Waals surface area contributed by atoms with Crippen molar-refractivity contribution in [2.45, 2.75) is 25.4 Å². The maximum Gasteiger partial charge on any atom is 0.274 e. The standard InChI is InChI=1S/C22H29N5O2/c1-25-9-11-26(12-10-25)22(29)20-13-23-14-21(24-20)27-8-2-3-19(15-27)18-6-4-17(16-28)5-7-18/h4-7,13-14,19,28H,2-3,8-12,15-16H2,1H3. The number of piperazine rings is 1. The van der Waals surface area contributed by atoms with Gasteiger partial charge in [-0.05, 0) is 31.0 Å². The number of aliphatic hydroxyl groups is 1. The first kappa shape index (κ1) is 19.8. The topological polar surface area (TPSA) is 72.8 Å². The highest BCUT2D eigenvalue weighted by molar-refractivity contribution is 5.92. The summed E-state index contributed by atoms with van der Waals surface area (Å²) < 4.78 is 0. The van der Waals surface area contributed by atoms with Gasteiger partial charge in [-0.2, -0.15) is 0 Å². The molecule has 1 N–H and O–H groups in total. The van der Waals surface area contributed by atoms with Crippen LogP contribution in [0.1, 0.15) is 40.4 Å². The minimum Gasteiger partial charge on any atom is -0.392 e. The number of nitrogens with zero attached hydrogens (tertiary/aromatic N) is 5. The normalized spacial score (nSPS) is 20.7. The van der Waals surface area contributed by atoms with Gasteiger partial charge in [0.2, 0.25) is 0 Å². The number of piperidine rings is 1. The van der Waals surface area contributed by atoms with Gasteiger partial charge in [0, 0.05) is 45.2 Å². The molecule has 7 nitrogen and oxygen atoms in total. The molecule has 2 aromatic rings. The van der Waals surface area contributed by atoms with Crippen molar-refractivity contribution in [3.63, 3.8) is 0 Å². The zero-order valence-corrected chi connectivity index (χ0v) is 17.0. The summed E-state index contributed by atoms with van der Waals surface area (Å²) in [4.78, 5) is 28.2. The molecule has 2 aliphatic rings. The lowest BCUT2D eigenvalue weighted by molar-refractivity contribution is 0.0658. The average Bonchev–Trinajstić information content (AvgIpc) is 2.79. The van der Waals surface area contributed by atoms with Gasteiger partial charge in [-0.3, -0.25) is 9.78 Å². The SMILES string of the molecule is CN1CCN(C(=O)c2cncc(N3CCCC(c4ccc(CO)cc4)C3)n2)CC1. The summed E-state index contributed by atoms with van der Waals surface area (Å²) in [7, 11) is 2.08. The van der Waals surface area contributed by atoms with Crippen molar-refractivity contribution in [1.29, 1.82) is 0 Å². The number of hydrogen-bond donors (Lipinski definition) is 1. The number of carbonyl (C=O) groups is 1. The molecule has 1 aromatic carbocycles. The monoisotopic (exact) mass is 395 g/mol.